The number of aromatic amines is 1. The zero-order chi connectivity index (χ0) is 24.5. The number of H-pyrrole nitrogens is 1. The average molecular weight is 456 g/mol. The molecule has 0 aliphatic heterocycles. The van der Waals surface area contributed by atoms with Gasteiger partial charge in [0.05, 0.1) is 6.04 Å². The van der Waals surface area contributed by atoms with E-state index in [2.05, 4.69) is 27.1 Å². The molecule has 0 saturated carbocycles. The van der Waals surface area contributed by atoms with E-state index in [9.17, 15) is 14.3 Å². The number of para-hydroxylation sites is 1. The third-order valence-corrected chi connectivity index (χ3v) is 5.21. The Morgan fingerprint density at radius 1 is 1.12 bits per heavy atom. The van der Waals surface area contributed by atoms with Crippen LogP contribution in [0.1, 0.15) is 59.8 Å². The standard InChI is InChI=1S/C28H26FN3O2/c1-17-13-18(11-12-28(2,3)4)14-24(30-17)27(34)32-26(21-16-20(29)9-10-25(21)33)23-15-19-7-5-6-8-22(19)31-23/h5-10,13-16,26,31,33H,1-4H3,(H,32,34). The highest BCUT2D eigenvalue weighted by molar-refractivity contribution is 5.93. The maximum atomic E-state index is 14.1. The number of aryl methyl sites for hydroxylation is 1. The number of nitrogens with zero attached hydrogens (tertiary/aromatic N) is 1. The molecule has 2 aromatic carbocycles. The minimum Gasteiger partial charge on any atom is -0.508 e. The van der Waals surface area contributed by atoms with E-state index in [4.69, 9.17) is 0 Å². The largest absolute Gasteiger partial charge is 0.508 e. The molecule has 1 amide bonds. The molecule has 1 unspecified atom stereocenters. The lowest BCUT2D eigenvalue weighted by atomic mass is 9.97. The maximum absolute atomic E-state index is 14.1. The molecular weight excluding hydrogens is 429 g/mol. The van der Waals surface area contributed by atoms with Crippen molar-refractivity contribution in [1.29, 1.82) is 0 Å². The molecule has 4 aromatic rings. The third kappa shape index (κ3) is 5.26. The van der Waals surface area contributed by atoms with Gasteiger partial charge in [0.15, 0.2) is 0 Å². The van der Waals surface area contributed by atoms with E-state index in [1.807, 2.05) is 57.2 Å². The Morgan fingerprint density at radius 2 is 1.88 bits per heavy atom. The van der Waals surface area contributed by atoms with Gasteiger partial charge >= 0.3 is 0 Å². The Kier molecular flexibility index (Phi) is 6.12. The van der Waals surface area contributed by atoms with Crippen LogP contribution in [0.5, 0.6) is 5.75 Å². The van der Waals surface area contributed by atoms with E-state index in [1.165, 1.54) is 18.2 Å². The first-order chi connectivity index (χ1) is 16.1. The molecule has 4 rings (SSSR count). The minimum absolute atomic E-state index is 0.126. The number of hydrogen-bond donors (Lipinski definition) is 3. The number of amides is 1. The summed E-state index contributed by atoms with van der Waals surface area (Å²) in [4.78, 5) is 20.9. The van der Waals surface area contributed by atoms with E-state index >= 15 is 0 Å². The van der Waals surface area contributed by atoms with Crippen LogP contribution < -0.4 is 5.32 Å². The average Bonchev–Trinajstić information content (AvgIpc) is 3.21. The number of nitrogens with one attached hydrogen (secondary N) is 2. The Hall–Kier alpha value is -4.11. The maximum Gasteiger partial charge on any atom is 0.270 e. The fraction of sp³-hybridized carbons (Fsp3) is 0.214. The molecule has 34 heavy (non-hydrogen) atoms. The Balaban J connectivity index is 1.75. The van der Waals surface area contributed by atoms with Gasteiger partial charge in [-0.25, -0.2) is 9.37 Å². The van der Waals surface area contributed by atoms with Crippen LogP contribution in [0.2, 0.25) is 0 Å². The smallest absolute Gasteiger partial charge is 0.270 e. The quantitative estimate of drug-likeness (QED) is 0.349. The van der Waals surface area contributed by atoms with Gasteiger partial charge in [-0.05, 0) is 75.5 Å². The van der Waals surface area contributed by atoms with Gasteiger partial charge in [-0.2, -0.15) is 0 Å². The normalized spacial score (nSPS) is 12.1. The fourth-order valence-corrected chi connectivity index (χ4v) is 3.65. The van der Waals surface area contributed by atoms with Crippen molar-refractivity contribution in [2.75, 3.05) is 0 Å². The second-order valence-corrected chi connectivity index (χ2v) is 9.30. The molecule has 172 valence electrons. The monoisotopic (exact) mass is 455 g/mol. The molecule has 0 saturated heterocycles. The van der Waals surface area contributed by atoms with Crippen molar-refractivity contribution in [2.45, 2.75) is 33.7 Å². The van der Waals surface area contributed by atoms with Gasteiger partial charge in [-0.3, -0.25) is 4.79 Å². The molecule has 0 aliphatic rings. The number of carbonyl (C=O) groups excluding carboxylic acids is 1. The zero-order valence-corrected chi connectivity index (χ0v) is 19.5. The Labute approximate surface area is 198 Å². The summed E-state index contributed by atoms with van der Waals surface area (Å²) in [5, 5.41) is 14.3. The number of aromatic hydroxyl groups is 1. The first kappa shape index (κ1) is 23.1. The number of phenols is 1. The summed E-state index contributed by atoms with van der Waals surface area (Å²) in [6.45, 7) is 7.83. The fourth-order valence-electron chi connectivity index (χ4n) is 3.65. The van der Waals surface area contributed by atoms with Gasteiger partial charge in [0.2, 0.25) is 0 Å². The summed E-state index contributed by atoms with van der Waals surface area (Å²) in [5.74, 6) is 5.16. The van der Waals surface area contributed by atoms with Crippen LogP contribution in [0.3, 0.4) is 0 Å². The molecule has 1 atom stereocenters. The van der Waals surface area contributed by atoms with Crippen molar-refractivity contribution in [3.05, 3.63) is 94.7 Å². The molecule has 2 aromatic heterocycles. The number of halogens is 1. The van der Waals surface area contributed by atoms with Crippen LogP contribution in [0.15, 0.2) is 60.7 Å². The SMILES string of the molecule is Cc1cc(C#CC(C)(C)C)cc(C(=O)NC(c2cc3ccccc3[nH]2)c2cc(F)ccc2O)n1. The van der Waals surface area contributed by atoms with Crippen molar-refractivity contribution in [1.82, 2.24) is 15.3 Å². The first-order valence-corrected chi connectivity index (χ1v) is 11.0. The van der Waals surface area contributed by atoms with Crippen molar-refractivity contribution in [3.8, 4) is 17.6 Å². The topological polar surface area (TPSA) is 78.0 Å². The number of rotatable bonds is 4. The lowest BCUT2D eigenvalue weighted by Crippen LogP contribution is -2.30. The predicted molar refractivity (Wildman–Crippen MR) is 131 cm³/mol. The van der Waals surface area contributed by atoms with Crippen LogP contribution in [0.25, 0.3) is 10.9 Å². The van der Waals surface area contributed by atoms with Crippen LogP contribution in [0, 0.1) is 30.0 Å². The number of hydrogen-bond acceptors (Lipinski definition) is 3. The zero-order valence-electron chi connectivity index (χ0n) is 19.5. The van der Waals surface area contributed by atoms with Crippen molar-refractivity contribution in [3.63, 3.8) is 0 Å². The van der Waals surface area contributed by atoms with E-state index in [1.54, 1.807) is 13.0 Å². The summed E-state index contributed by atoms with van der Waals surface area (Å²) >= 11 is 0. The van der Waals surface area contributed by atoms with Crippen LogP contribution in [-0.4, -0.2) is 21.0 Å². The Morgan fingerprint density at radius 3 is 2.62 bits per heavy atom. The molecule has 2 heterocycles. The number of carbonyl (C=O) groups is 1. The molecule has 0 spiro atoms. The van der Waals surface area contributed by atoms with Gasteiger partial charge in [0.1, 0.15) is 17.3 Å². The highest BCUT2D eigenvalue weighted by atomic mass is 19.1. The molecule has 0 fully saturated rings. The van der Waals surface area contributed by atoms with Crippen molar-refractivity contribution >= 4 is 16.8 Å². The number of pyridine rings is 1. The number of fused-ring (bicyclic) bond motifs is 1. The summed E-state index contributed by atoms with van der Waals surface area (Å²) in [7, 11) is 0. The summed E-state index contributed by atoms with van der Waals surface area (Å²) < 4.78 is 14.1. The number of aromatic nitrogens is 2. The highest BCUT2D eigenvalue weighted by Gasteiger charge is 2.24. The molecule has 6 heteroatoms. The summed E-state index contributed by atoms with van der Waals surface area (Å²) in [6.07, 6.45) is 0. The summed E-state index contributed by atoms with van der Waals surface area (Å²) in [6, 6.07) is 15.8. The highest BCUT2D eigenvalue weighted by Crippen LogP contribution is 2.31. The van der Waals surface area contributed by atoms with Crippen LogP contribution in [-0.2, 0) is 0 Å². The molecule has 3 N–H and O–H groups in total. The molecule has 0 aliphatic carbocycles. The molecule has 0 radical (unpaired) electrons. The van der Waals surface area contributed by atoms with E-state index in [-0.39, 0.29) is 22.4 Å². The second-order valence-electron chi connectivity index (χ2n) is 9.30. The molecule has 0 bridgehead atoms. The van der Waals surface area contributed by atoms with Gasteiger partial charge in [-0.15, -0.1) is 0 Å². The van der Waals surface area contributed by atoms with Gasteiger partial charge in [0, 0.05) is 33.4 Å². The first-order valence-electron chi connectivity index (χ1n) is 11.0. The van der Waals surface area contributed by atoms with Gasteiger partial charge in [-0.1, -0.05) is 30.0 Å². The number of phenolic OH excluding ortho intramolecular Hbond substituents is 1. The van der Waals surface area contributed by atoms with Crippen molar-refractivity contribution in [2.24, 2.45) is 5.41 Å². The number of benzene rings is 2. The predicted octanol–water partition coefficient (Wildman–Crippen LogP) is 5.63. The lowest BCUT2D eigenvalue weighted by Gasteiger charge is -2.19. The second kappa shape index (κ2) is 9.03. The van der Waals surface area contributed by atoms with Crippen molar-refractivity contribution < 1.29 is 14.3 Å². The third-order valence-electron chi connectivity index (χ3n) is 5.21. The molecule has 5 nitrogen and oxygen atoms in total. The van der Waals surface area contributed by atoms with E-state index in [0.29, 0.717) is 17.0 Å². The van der Waals surface area contributed by atoms with Gasteiger partial charge < -0.3 is 15.4 Å². The lowest BCUT2D eigenvalue weighted by molar-refractivity contribution is 0.0936. The molecular formula is C28H26FN3O2. The summed E-state index contributed by atoms with van der Waals surface area (Å²) in [5.41, 5.74) is 3.05. The van der Waals surface area contributed by atoms with Crippen LogP contribution in [0.4, 0.5) is 4.39 Å². The Bertz CT molecular complexity index is 1400. The minimum atomic E-state index is -0.831. The van der Waals surface area contributed by atoms with E-state index in [0.717, 1.165) is 10.9 Å². The van der Waals surface area contributed by atoms with Gasteiger partial charge in [0.25, 0.3) is 5.91 Å². The van der Waals surface area contributed by atoms with E-state index < -0.39 is 17.8 Å². The van der Waals surface area contributed by atoms with Crippen LogP contribution >= 0.6 is 0 Å².